The molecule has 0 saturated heterocycles. The average Bonchev–Trinajstić information content (AvgIpc) is 2.97. The van der Waals surface area contributed by atoms with E-state index in [2.05, 4.69) is 11.9 Å². The van der Waals surface area contributed by atoms with E-state index in [0.717, 1.165) is 26.6 Å². The van der Waals surface area contributed by atoms with E-state index in [-0.39, 0.29) is 11.2 Å². The Kier molecular flexibility index (Phi) is 7.57. The highest BCUT2D eigenvalue weighted by Gasteiger charge is 2.23. The molecule has 28 heavy (non-hydrogen) atoms. The summed E-state index contributed by atoms with van der Waals surface area (Å²) in [5.74, 6) is 0. The van der Waals surface area contributed by atoms with Crippen molar-refractivity contribution >= 4 is 27.6 Å². The third-order valence-electron chi connectivity index (χ3n) is 4.47. The lowest BCUT2D eigenvalue weighted by Gasteiger charge is -2.29. The van der Waals surface area contributed by atoms with Crippen molar-refractivity contribution in [2.24, 2.45) is 0 Å². The van der Waals surface area contributed by atoms with Crippen LogP contribution in [0.2, 0.25) is 0 Å². The summed E-state index contributed by atoms with van der Waals surface area (Å²) in [6, 6.07) is 6.81. The summed E-state index contributed by atoms with van der Waals surface area (Å²) >= 11 is 1.15. The predicted molar refractivity (Wildman–Crippen MR) is 114 cm³/mol. The summed E-state index contributed by atoms with van der Waals surface area (Å²) in [4.78, 5) is 24.7. The third-order valence-corrected chi connectivity index (χ3v) is 5.54. The van der Waals surface area contributed by atoms with Crippen molar-refractivity contribution in [3.8, 4) is 0 Å². The topological polar surface area (TPSA) is 69.6 Å². The van der Waals surface area contributed by atoms with Gasteiger partial charge in [0, 0.05) is 6.54 Å². The number of nitrogens with one attached hydrogen (secondary N) is 1. The summed E-state index contributed by atoms with van der Waals surface area (Å²) in [5, 5.41) is 3.37. The molecule has 1 N–H and O–H groups in total. The number of benzene rings is 1. The molecular weight excluding hydrogens is 376 g/mol. The van der Waals surface area contributed by atoms with Crippen molar-refractivity contribution in [1.29, 1.82) is 0 Å². The molecule has 0 aliphatic heterocycles. The van der Waals surface area contributed by atoms with Crippen LogP contribution in [0.3, 0.4) is 0 Å². The molecule has 0 fully saturated rings. The lowest BCUT2D eigenvalue weighted by atomic mass is 10.0. The number of hydrogen-bond acceptors (Lipinski definition) is 5. The van der Waals surface area contributed by atoms with E-state index in [9.17, 15) is 9.59 Å². The van der Waals surface area contributed by atoms with E-state index in [1.54, 1.807) is 18.2 Å². The summed E-state index contributed by atoms with van der Waals surface area (Å²) < 4.78 is 13.6. The van der Waals surface area contributed by atoms with Crippen molar-refractivity contribution in [2.75, 3.05) is 19.8 Å². The zero-order valence-corrected chi connectivity index (χ0v) is 17.9. The zero-order valence-electron chi connectivity index (χ0n) is 17.1. The number of amides is 1. The summed E-state index contributed by atoms with van der Waals surface area (Å²) in [6.45, 7) is 13.2. The Labute approximate surface area is 170 Å². The van der Waals surface area contributed by atoms with Crippen LogP contribution in [0.5, 0.6) is 0 Å². The Bertz CT molecular complexity index is 867. The SMILES string of the molecule is C=CCOC(C)(C)CCOC(C)(C)CCNC(=O)n1sc2ccccc2c1=O. The van der Waals surface area contributed by atoms with Crippen LogP contribution in [-0.2, 0) is 9.47 Å². The fraction of sp³-hybridized carbons (Fsp3) is 0.524. The molecule has 1 heterocycles. The Hall–Kier alpha value is -1.96. The average molecular weight is 407 g/mol. The predicted octanol–water partition coefficient (Wildman–Crippen LogP) is 4.18. The number of ether oxygens (including phenoxy) is 2. The van der Waals surface area contributed by atoms with Crippen LogP contribution < -0.4 is 10.9 Å². The van der Waals surface area contributed by atoms with Crippen LogP contribution in [0.1, 0.15) is 40.5 Å². The molecule has 0 saturated carbocycles. The van der Waals surface area contributed by atoms with Gasteiger partial charge in [0.05, 0.1) is 34.5 Å². The maximum Gasteiger partial charge on any atom is 0.338 e. The van der Waals surface area contributed by atoms with E-state index in [0.29, 0.717) is 31.6 Å². The van der Waals surface area contributed by atoms with Gasteiger partial charge in [0.25, 0.3) is 5.56 Å². The molecule has 0 bridgehead atoms. The summed E-state index contributed by atoms with van der Waals surface area (Å²) in [5.41, 5.74) is -0.955. The highest BCUT2D eigenvalue weighted by atomic mass is 32.1. The fourth-order valence-corrected chi connectivity index (χ4v) is 3.57. The Morgan fingerprint density at radius 2 is 1.86 bits per heavy atom. The van der Waals surface area contributed by atoms with Crippen LogP contribution in [0, 0.1) is 0 Å². The molecule has 0 spiro atoms. The molecule has 0 aliphatic rings. The minimum Gasteiger partial charge on any atom is -0.375 e. The Morgan fingerprint density at radius 1 is 1.18 bits per heavy atom. The largest absolute Gasteiger partial charge is 0.375 e. The molecule has 1 aromatic carbocycles. The monoisotopic (exact) mass is 406 g/mol. The quantitative estimate of drug-likeness (QED) is 0.601. The van der Waals surface area contributed by atoms with Gasteiger partial charge < -0.3 is 14.8 Å². The molecule has 154 valence electrons. The van der Waals surface area contributed by atoms with Crippen LogP contribution >= 0.6 is 11.5 Å². The first-order valence-corrected chi connectivity index (χ1v) is 10.2. The maximum atomic E-state index is 12.4. The number of aromatic nitrogens is 1. The molecule has 0 unspecified atom stereocenters. The number of nitrogens with zero attached hydrogens (tertiary/aromatic N) is 1. The van der Waals surface area contributed by atoms with E-state index in [1.807, 2.05) is 39.8 Å². The molecule has 2 aromatic rings. The number of carbonyl (C=O) groups excluding carboxylic acids is 1. The van der Waals surface area contributed by atoms with Gasteiger partial charge >= 0.3 is 6.03 Å². The lowest BCUT2D eigenvalue weighted by molar-refractivity contribution is -0.0676. The van der Waals surface area contributed by atoms with E-state index < -0.39 is 11.6 Å². The van der Waals surface area contributed by atoms with Gasteiger partial charge in [0.15, 0.2) is 0 Å². The molecule has 7 heteroatoms. The maximum absolute atomic E-state index is 12.4. The van der Waals surface area contributed by atoms with Crippen LogP contribution in [0.4, 0.5) is 4.79 Å². The summed E-state index contributed by atoms with van der Waals surface area (Å²) in [7, 11) is 0. The van der Waals surface area contributed by atoms with Gasteiger partial charge in [-0.1, -0.05) is 18.2 Å². The van der Waals surface area contributed by atoms with Gasteiger partial charge in [0.2, 0.25) is 0 Å². The molecule has 2 rings (SSSR count). The van der Waals surface area contributed by atoms with E-state index in [4.69, 9.17) is 9.47 Å². The van der Waals surface area contributed by atoms with Crippen LogP contribution in [0.15, 0.2) is 41.7 Å². The highest BCUT2D eigenvalue weighted by Crippen LogP contribution is 2.19. The Morgan fingerprint density at radius 3 is 2.54 bits per heavy atom. The second kappa shape index (κ2) is 9.49. The smallest absolute Gasteiger partial charge is 0.338 e. The van der Waals surface area contributed by atoms with Crippen LogP contribution in [0.25, 0.3) is 10.1 Å². The van der Waals surface area contributed by atoms with Gasteiger partial charge in [-0.3, -0.25) is 4.79 Å². The normalized spacial score (nSPS) is 12.3. The standard InChI is InChI=1S/C21H30N2O4S/c1-6-14-26-21(4,5)12-15-27-20(2,3)11-13-22-19(25)23-18(24)16-9-7-8-10-17(16)28-23/h6-10H,1,11-15H2,2-5H3,(H,22,25). The van der Waals surface area contributed by atoms with E-state index in [1.165, 1.54) is 0 Å². The van der Waals surface area contributed by atoms with Crippen molar-refractivity contribution in [1.82, 2.24) is 9.27 Å². The molecule has 1 aromatic heterocycles. The number of carbonyl (C=O) groups is 1. The first-order chi connectivity index (χ1) is 13.2. The first kappa shape index (κ1) is 22.3. The minimum atomic E-state index is -0.402. The van der Waals surface area contributed by atoms with Crippen molar-refractivity contribution in [2.45, 2.75) is 51.7 Å². The Balaban J connectivity index is 1.80. The summed E-state index contributed by atoms with van der Waals surface area (Å²) in [6.07, 6.45) is 3.12. The number of rotatable bonds is 10. The van der Waals surface area contributed by atoms with E-state index >= 15 is 0 Å². The first-order valence-electron chi connectivity index (χ1n) is 9.43. The van der Waals surface area contributed by atoms with Gasteiger partial charge in [-0.15, -0.1) is 6.58 Å². The number of hydrogen-bond donors (Lipinski definition) is 1. The van der Waals surface area contributed by atoms with Gasteiger partial charge in [-0.2, -0.15) is 3.96 Å². The lowest BCUT2D eigenvalue weighted by Crippen LogP contribution is -2.37. The van der Waals surface area contributed by atoms with Gasteiger partial charge in [0.1, 0.15) is 0 Å². The van der Waals surface area contributed by atoms with Crippen molar-refractivity contribution in [3.63, 3.8) is 0 Å². The van der Waals surface area contributed by atoms with Crippen molar-refractivity contribution < 1.29 is 14.3 Å². The molecule has 1 amide bonds. The zero-order chi connectivity index (χ0) is 20.8. The molecule has 6 nitrogen and oxygen atoms in total. The third kappa shape index (κ3) is 6.29. The second-order valence-electron chi connectivity index (χ2n) is 7.89. The molecule has 0 atom stereocenters. The van der Waals surface area contributed by atoms with Gasteiger partial charge in [-0.25, -0.2) is 4.79 Å². The highest BCUT2D eigenvalue weighted by molar-refractivity contribution is 7.14. The number of fused-ring (bicyclic) bond motifs is 1. The molecule has 0 aliphatic carbocycles. The van der Waals surface area contributed by atoms with Crippen LogP contribution in [-0.4, -0.2) is 40.9 Å². The second-order valence-corrected chi connectivity index (χ2v) is 8.87. The molecular formula is C21H30N2O4S. The van der Waals surface area contributed by atoms with Gasteiger partial charge in [-0.05, 0) is 64.2 Å². The fourth-order valence-electron chi connectivity index (χ4n) is 2.65. The minimum absolute atomic E-state index is 0.277. The van der Waals surface area contributed by atoms with Crippen molar-refractivity contribution in [3.05, 3.63) is 47.3 Å². The molecule has 0 radical (unpaired) electrons.